The van der Waals surface area contributed by atoms with Crippen molar-refractivity contribution in [2.45, 2.75) is 25.3 Å². The molecule has 5 heteroatoms. The molecule has 0 saturated carbocycles. The summed E-state index contributed by atoms with van der Waals surface area (Å²) < 4.78 is 0. The second kappa shape index (κ2) is 4.60. The van der Waals surface area contributed by atoms with Crippen LogP contribution in [0.4, 0.5) is 0 Å². The second-order valence-corrected chi connectivity index (χ2v) is 4.08. The summed E-state index contributed by atoms with van der Waals surface area (Å²) in [7, 11) is 0. The van der Waals surface area contributed by atoms with Crippen LogP contribution in [0.2, 0.25) is 5.02 Å². The van der Waals surface area contributed by atoms with E-state index >= 15 is 0 Å². The van der Waals surface area contributed by atoms with Crippen LogP contribution in [0.25, 0.3) is 0 Å². The van der Waals surface area contributed by atoms with Gasteiger partial charge in [0.2, 0.25) is 0 Å². The molecule has 4 N–H and O–H groups in total. The average molecular weight is 295 g/mol. The van der Waals surface area contributed by atoms with Gasteiger partial charge < -0.3 is 15.9 Å². The highest BCUT2D eigenvalue weighted by Gasteiger charge is 2.21. The minimum atomic E-state index is -0.237. The number of hydrogen-bond donors (Lipinski definition) is 3. The van der Waals surface area contributed by atoms with Crippen LogP contribution in [-0.4, -0.2) is 16.3 Å². The van der Waals surface area contributed by atoms with Crippen molar-refractivity contribution in [3.8, 4) is 11.5 Å². The maximum Gasteiger partial charge on any atom is 0.176 e. The monoisotopic (exact) mass is 293 g/mol. The van der Waals surface area contributed by atoms with E-state index < -0.39 is 0 Å². The van der Waals surface area contributed by atoms with Crippen LogP contribution in [-0.2, 0) is 12.8 Å². The molecule has 0 aromatic heterocycles. The molecule has 1 unspecified atom stereocenters. The van der Waals surface area contributed by atoms with Crippen LogP contribution in [0.1, 0.15) is 17.5 Å². The predicted molar refractivity (Wildman–Crippen MR) is 65.1 cm³/mol. The van der Waals surface area contributed by atoms with Crippen LogP contribution >= 0.6 is 28.6 Å². The highest BCUT2D eigenvalue weighted by Crippen LogP contribution is 2.40. The summed E-state index contributed by atoms with van der Waals surface area (Å²) in [6.07, 6.45) is 2.37. The molecule has 1 aromatic rings. The Labute approximate surface area is 104 Å². The number of fused-ring (bicyclic) bond motifs is 1. The molecule has 2 rings (SSSR count). The Morgan fingerprint density at radius 2 is 2.07 bits per heavy atom. The lowest BCUT2D eigenvalue weighted by Gasteiger charge is -2.23. The fraction of sp³-hybridized carbons (Fsp3) is 0.400. The minimum Gasteiger partial charge on any atom is -0.504 e. The molecule has 15 heavy (non-hydrogen) atoms. The van der Waals surface area contributed by atoms with Gasteiger partial charge in [0.15, 0.2) is 11.5 Å². The lowest BCUT2D eigenvalue weighted by molar-refractivity contribution is 0.401. The third-order valence-corrected chi connectivity index (χ3v) is 3.07. The Bertz CT molecular complexity index is 384. The minimum absolute atomic E-state index is 0. The normalized spacial score (nSPS) is 19.2. The largest absolute Gasteiger partial charge is 0.504 e. The van der Waals surface area contributed by atoms with Crippen molar-refractivity contribution in [1.29, 1.82) is 0 Å². The quantitative estimate of drug-likeness (QED) is 0.642. The van der Waals surface area contributed by atoms with Crippen molar-refractivity contribution in [2.24, 2.45) is 5.73 Å². The summed E-state index contributed by atoms with van der Waals surface area (Å²) in [6.45, 7) is 0. The van der Waals surface area contributed by atoms with Gasteiger partial charge in [-0.1, -0.05) is 11.6 Å². The fourth-order valence-electron chi connectivity index (χ4n) is 1.87. The average Bonchev–Trinajstić information content (AvgIpc) is 2.16. The van der Waals surface area contributed by atoms with E-state index in [9.17, 15) is 10.2 Å². The van der Waals surface area contributed by atoms with Crippen molar-refractivity contribution in [3.63, 3.8) is 0 Å². The highest BCUT2D eigenvalue weighted by molar-refractivity contribution is 8.93. The predicted octanol–water partition coefficient (Wildman–Crippen LogP) is 2.15. The second-order valence-electron chi connectivity index (χ2n) is 3.70. The Hall–Kier alpha value is -0.450. The molecule has 3 nitrogen and oxygen atoms in total. The van der Waals surface area contributed by atoms with Gasteiger partial charge in [-0.3, -0.25) is 0 Å². The van der Waals surface area contributed by atoms with E-state index in [2.05, 4.69) is 0 Å². The maximum absolute atomic E-state index is 9.43. The molecule has 0 radical (unpaired) electrons. The van der Waals surface area contributed by atoms with Crippen LogP contribution in [0, 0.1) is 0 Å². The number of aromatic hydroxyl groups is 2. The molecule has 1 atom stereocenters. The third-order valence-electron chi connectivity index (χ3n) is 2.66. The summed E-state index contributed by atoms with van der Waals surface area (Å²) in [6, 6.07) is 1.67. The zero-order valence-corrected chi connectivity index (χ0v) is 10.5. The first kappa shape index (κ1) is 12.6. The molecule has 84 valence electrons. The van der Waals surface area contributed by atoms with Crippen molar-refractivity contribution in [3.05, 3.63) is 22.2 Å². The lowest BCUT2D eigenvalue weighted by atomic mass is 9.88. The van der Waals surface area contributed by atoms with Gasteiger partial charge in [0, 0.05) is 6.04 Å². The highest BCUT2D eigenvalue weighted by atomic mass is 79.9. The number of halogens is 2. The van der Waals surface area contributed by atoms with E-state index in [1.54, 1.807) is 6.07 Å². The summed E-state index contributed by atoms with van der Waals surface area (Å²) in [5, 5.41) is 19.0. The van der Waals surface area contributed by atoms with Gasteiger partial charge in [-0.2, -0.15) is 0 Å². The molecule has 0 spiro atoms. The van der Waals surface area contributed by atoms with E-state index in [4.69, 9.17) is 17.3 Å². The zero-order chi connectivity index (χ0) is 10.3. The summed E-state index contributed by atoms with van der Waals surface area (Å²) in [5.41, 5.74) is 7.67. The lowest BCUT2D eigenvalue weighted by Crippen LogP contribution is -2.28. The van der Waals surface area contributed by atoms with E-state index in [0.29, 0.717) is 6.42 Å². The summed E-state index contributed by atoms with van der Waals surface area (Å²) in [5.74, 6) is -0.385. The van der Waals surface area contributed by atoms with Crippen molar-refractivity contribution in [1.82, 2.24) is 0 Å². The van der Waals surface area contributed by atoms with E-state index in [1.807, 2.05) is 0 Å². The molecule has 0 heterocycles. The number of aryl methyl sites for hydroxylation is 1. The number of phenolic OH excluding ortho intramolecular Hbond substituents is 2. The van der Waals surface area contributed by atoms with Gasteiger partial charge in [-0.25, -0.2) is 0 Å². The molecule has 0 fully saturated rings. The van der Waals surface area contributed by atoms with Gasteiger partial charge in [0.25, 0.3) is 0 Å². The molecule has 0 amide bonds. The van der Waals surface area contributed by atoms with E-state index in [1.165, 1.54) is 0 Å². The first-order valence-electron chi connectivity index (χ1n) is 4.57. The van der Waals surface area contributed by atoms with Gasteiger partial charge >= 0.3 is 0 Å². The number of rotatable bonds is 0. The molecule has 1 aliphatic rings. The first-order chi connectivity index (χ1) is 6.59. The molecule has 0 bridgehead atoms. The third kappa shape index (κ3) is 2.22. The van der Waals surface area contributed by atoms with Crippen molar-refractivity contribution >= 4 is 28.6 Å². The number of hydrogen-bond acceptors (Lipinski definition) is 3. The maximum atomic E-state index is 9.43. The molecule has 0 saturated heterocycles. The van der Waals surface area contributed by atoms with Gasteiger partial charge in [-0.15, -0.1) is 17.0 Å². The number of nitrogens with two attached hydrogens (primary N) is 1. The molecule has 1 aliphatic carbocycles. The smallest absolute Gasteiger partial charge is 0.176 e. The Morgan fingerprint density at radius 1 is 1.40 bits per heavy atom. The fourth-order valence-corrected chi connectivity index (χ4v) is 2.16. The van der Waals surface area contributed by atoms with Crippen LogP contribution < -0.4 is 5.73 Å². The van der Waals surface area contributed by atoms with E-state index in [0.717, 1.165) is 24.0 Å². The Kier molecular flexibility index (Phi) is 3.87. The summed E-state index contributed by atoms with van der Waals surface area (Å²) in [4.78, 5) is 0. The zero-order valence-electron chi connectivity index (χ0n) is 8.03. The van der Waals surface area contributed by atoms with E-state index in [-0.39, 0.29) is 39.5 Å². The molecule has 0 aliphatic heterocycles. The molecular weight excluding hydrogens is 281 g/mol. The van der Waals surface area contributed by atoms with Crippen LogP contribution in [0.5, 0.6) is 11.5 Å². The Morgan fingerprint density at radius 3 is 2.73 bits per heavy atom. The van der Waals surface area contributed by atoms with Gasteiger partial charge in [0.1, 0.15) is 0 Å². The summed E-state index contributed by atoms with van der Waals surface area (Å²) >= 11 is 5.92. The SMILES string of the molecule is Br.NC1CCc2cc(O)c(O)c(Cl)c2C1. The topological polar surface area (TPSA) is 66.5 Å². The van der Waals surface area contributed by atoms with Crippen LogP contribution in [0.3, 0.4) is 0 Å². The first-order valence-corrected chi connectivity index (χ1v) is 4.95. The van der Waals surface area contributed by atoms with Gasteiger partial charge in [-0.05, 0) is 36.5 Å². The standard InChI is InChI=1S/C10H12ClNO2.BrH/c11-9-7-4-6(12)2-1-5(7)3-8(13)10(9)14;/h3,6,13-14H,1-2,4,12H2;1H. The van der Waals surface area contributed by atoms with Crippen LogP contribution in [0.15, 0.2) is 6.07 Å². The Balaban J connectivity index is 0.00000112. The van der Waals surface area contributed by atoms with Crippen molar-refractivity contribution in [2.75, 3.05) is 0 Å². The molecule has 1 aromatic carbocycles. The number of phenols is 2. The molecular formula is C10H13BrClNO2. The van der Waals surface area contributed by atoms with Gasteiger partial charge in [0.05, 0.1) is 5.02 Å². The van der Waals surface area contributed by atoms with Crippen molar-refractivity contribution < 1.29 is 10.2 Å². The number of benzene rings is 1.